The van der Waals surface area contributed by atoms with Crippen LogP contribution in [0.1, 0.15) is 20.3 Å². The number of carbonyl (C=O) groups is 3. The van der Waals surface area contributed by atoms with Crippen molar-refractivity contribution in [1.82, 2.24) is 5.32 Å². The highest BCUT2D eigenvalue weighted by molar-refractivity contribution is 5.88. The average Bonchev–Trinajstić information content (AvgIpc) is 2.28. The Balaban J connectivity index is 4.44. The van der Waals surface area contributed by atoms with E-state index in [4.69, 9.17) is 10.5 Å². The van der Waals surface area contributed by atoms with Crippen LogP contribution in [0.15, 0.2) is 0 Å². The van der Waals surface area contributed by atoms with Gasteiger partial charge in [0, 0.05) is 0 Å². The minimum absolute atomic E-state index is 0.163. The van der Waals surface area contributed by atoms with Crippen LogP contribution in [-0.4, -0.2) is 43.6 Å². The van der Waals surface area contributed by atoms with Crippen LogP contribution in [0, 0.1) is 0 Å². The second-order valence-corrected chi connectivity index (χ2v) is 3.09. The number of hydrogen-bond acceptors (Lipinski definition) is 6. The van der Waals surface area contributed by atoms with Gasteiger partial charge in [-0.1, -0.05) is 0 Å². The van der Waals surface area contributed by atoms with Gasteiger partial charge in [-0.15, -0.1) is 0 Å². The van der Waals surface area contributed by atoms with E-state index in [1.807, 2.05) is 0 Å². The highest BCUT2D eigenvalue weighted by atomic mass is 16.5. The van der Waals surface area contributed by atoms with E-state index in [1.54, 1.807) is 13.8 Å². The Morgan fingerprint density at radius 2 is 1.76 bits per heavy atom. The smallest absolute Gasteiger partial charge is 0.329 e. The lowest BCUT2D eigenvalue weighted by Gasteiger charge is -2.15. The van der Waals surface area contributed by atoms with Gasteiger partial charge in [-0.2, -0.15) is 0 Å². The zero-order valence-electron chi connectivity index (χ0n) is 10.0. The molecule has 7 heteroatoms. The van der Waals surface area contributed by atoms with Crippen LogP contribution in [0.4, 0.5) is 0 Å². The third-order valence-corrected chi connectivity index (χ3v) is 1.77. The maximum atomic E-state index is 11.4. The summed E-state index contributed by atoms with van der Waals surface area (Å²) in [6, 6.07) is -1.05. The molecule has 0 spiro atoms. The summed E-state index contributed by atoms with van der Waals surface area (Å²) >= 11 is 0. The molecule has 1 unspecified atom stereocenters. The fraction of sp³-hybridized carbons (Fsp3) is 0.700. The summed E-state index contributed by atoms with van der Waals surface area (Å²) in [5.74, 6) is -1.79. The fourth-order valence-corrected chi connectivity index (χ4v) is 1.08. The lowest BCUT2D eigenvalue weighted by molar-refractivity contribution is -0.153. The van der Waals surface area contributed by atoms with Gasteiger partial charge in [0.1, 0.15) is 6.04 Å². The van der Waals surface area contributed by atoms with E-state index in [1.165, 1.54) is 0 Å². The Morgan fingerprint density at radius 3 is 2.24 bits per heavy atom. The van der Waals surface area contributed by atoms with Crippen molar-refractivity contribution < 1.29 is 23.9 Å². The van der Waals surface area contributed by atoms with Crippen molar-refractivity contribution in [2.45, 2.75) is 26.3 Å². The first-order chi connectivity index (χ1) is 8.04. The van der Waals surface area contributed by atoms with Gasteiger partial charge < -0.3 is 20.5 Å². The van der Waals surface area contributed by atoms with Crippen LogP contribution >= 0.6 is 0 Å². The highest BCUT2D eigenvalue weighted by Gasteiger charge is 2.25. The number of rotatable bonds is 7. The Kier molecular flexibility index (Phi) is 7.70. The molecule has 0 heterocycles. The topological polar surface area (TPSA) is 108 Å². The van der Waals surface area contributed by atoms with E-state index in [9.17, 15) is 14.4 Å². The average molecular weight is 246 g/mol. The Hall–Kier alpha value is -1.63. The van der Waals surface area contributed by atoms with E-state index in [2.05, 4.69) is 10.1 Å². The predicted molar refractivity (Wildman–Crippen MR) is 58.9 cm³/mol. The summed E-state index contributed by atoms with van der Waals surface area (Å²) in [6.45, 7) is 3.38. The highest BCUT2D eigenvalue weighted by Crippen LogP contribution is 1.99. The number of esters is 2. The number of nitrogens with two attached hydrogens (primary N) is 1. The number of nitrogens with one attached hydrogen (secondary N) is 1. The van der Waals surface area contributed by atoms with Gasteiger partial charge in [0.25, 0.3) is 0 Å². The van der Waals surface area contributed by atoms with Crippen LogP contribution in [0.2, 0.25) is 0 Å². The first-order valence-electron chi connectivity index (χ1n) is 5.36. The molecule has 0 fully saturated rings. The molecule has 0 rings (SSSR count). The molecular weight excluding hydrogens is 228 g/mol. The monoisotopic (exact) mass is 246 g/mol. The van der Waals surface area contributed by atoms with Crippen molar-refractivity contribution >= 4 is 17.8 Å². The first kappa shape index (κ1) is 15.4. The van der Waals surface area contributed by atoms with E-state index >= 15 is 0 Å². The van der Waals surface area contributed by atoms with E-state index in [0.717, 1.165) is 0 Å². The summed E-state index contributed by atoms with van der Waals surface area (Å²) < 4.78 is 9.41. The molecule has 98 valence electrons. The standard InChI is InChI=1S/C10H18N2O5/c1-3-16-9(14)5-7(10(15)17-4-2)12-8(13)6-11/h7H,3-6,11H2,1-2H3,(H,12,13). The lowest BCUT2D eigenvalue weighted by Crippen LogP contribution is -2.45. The first-order valence-corrected chi connectivity index (χ1v) is 5.36. The lowest BCUT2D eigenvalue weighted by atomic mass is 10.2. The van der Waals surface area contributed by atoms with E-state index in [0.29, 0.717) is 0 Å². The zero-order chi connectivity index (χ0) is 13.3. The van der Waals surface area contributed by atoms with Gasteiger partial charge in [-0.05, 0) is 13.8 Å². The van der Waals surface area contributed by atoms with Crippen molar-refractivity contribution in [2.75, 3.05) is 19.8 Å². The fourth-order valence-electron chi connectivity index (χ4n) is 1.08. The normalized spacial score (nSPS) is 11.5. The number of carbonyl (C=O) groups excluding carboxylic acids is 3. The van der Waals surface area contributed by atoms with Crippen LogP contribution in [0.25, 0.3) is 0 Å². The van der Waals surface area contributed by atoms with Crippen molar-refractivity contribution in [2.24, 2.45) is 5.73 Å². The maximum absolute atomic E-state index is 11.4. The van der Waals surface area contributed by atoms with Crippen LogP contribution in [0.3, 0.4) is 0 Å². The quantitative estimate of drug-likeness (QED) is 0.555. The minimum atomic E-state index is -1.05. The van der Waals surface area contributed by atoms with E-state index in [-0.39, 0.29) is 26.2 Å². The summed E-state index contributed by atoms with van der Waals surface area (Å²) in [6.07, 6.45) is -0.265. The number of hydrogen-bond donors (Lipinski definition) is 2. The van der Waals surface area contributed by atoms with Crippen LogP contribution in [-0.2, 0) is 23.9 Å². The summed E-state index contributed by atoms with van der Waals surface area (Å²) in [7, 11) is 0. The molecule has 0 aliphatic heterocycles. The largest absolute Gasteiger partial charge is 0.466 e. The van der Waals surface area contributed by atoms with Gasteiger partial charge in [0.05, 0.1) is 26.2 Å². The molecule has 0 aliphatic carbocycles. The Bertz CT molecular complexity index is 280. The molecule has 17 heavy (non-hydrogen) atoms. The molecule has 0 saturated heterocycles. The van der Waals surface area contributed by atoms with Crippen molar-refractivity contribution in [3.05, 3.63) is 0 Å². The molecule has 0 bridgehead atoms. The molecule has 0 aromatic rings. The molecule has 3 N–H and O–H groups in total. The minimum Gasteiger partial charge on any atom is -0.466 e. The number of ether oxygens (including phenoxy) is 2. The molecule has 0 aromatic carbocycles. The van der Waals surface area contributed by atoms with E-state index < -0.39 is 23.9 Å². The molecule has 1 amide bonds. The van der Waals surface area contributed by atoms with Crippen LogP contribution in [0.5, 0.6) is 0 Å². The molecule has 0 aromatic heterocycles. The van der Waals surface area contributed by atoms with Crippen molar-refractivity contribution in [1.29, 1.82) is 0 Å². The molecule has 0 aliphatic rings. The van der Waals surface area contributed by atoms with Crippen LogP contribution < -0.4 is 11.1 Å². The van der Waals surface area contributed by atoms with Gasteiger partial charge >= 0.3 is 11.9 Å². The van der Waals surface area contributed by atoms with Crippen molar-refractivity contribution in [3.8, 4) is 0 Å². The molecule has 7 nitrogen and oxygen atoms in total. The summed E-state index contributed by atoms with van der Waals surface area (Å²) in [5, 5.41) is 2.30. The maximum Gasteiger partial charge on any atom is 0.329 e. The van der Waals surface area contributed by atoms with Gasteiger partial charge in [0.2, 0.25) is 5.91 Å². The summed E-state index contributed by atoms with van der Waals surface area (Å²) in [5.41, 5.74) is 5.10. The molecular formula is C10H18N2O5. The predicted octanol–water partition coefficient (Wildman–Crippen LogP) is -1.05. The molecule has 0 radical (unpaired) electrons. The Labute approximate surface area is 99.6 Å². The summed E-state index contributed by atoms with van der Waals surface area (Å²) in [4.78, 5) is 33.7. The molecule has 0 saturated carbocycles. The SMILES string of the molecule is CCOC(=O)CC(NC(=O)CN)C(=O)OCC. The van der Waals surface area contributed by atoms with Gasteiger partial charge in [-0.3, -0.25) is 9.59 Å². The van der Waals surface area contributed by atoms with Crippen molar-refractivity contribution in [3.63, 3.8) is 0 Å². The second kappa shape index (κ2) is 8.51. The second-order valence-electron chi connectivity index (χ2n) is 3.09. The van der Waals surface area contributed by atoms with Gasteiger partial charge in [0.15, 0.2) is 0 Å². The third-order valence-electron chi connectivity index (χ3n) is 1.77. The third kappa shape index (κ3) is 6.52. The number of amides is 1. The zero-order valence-corrected chi connectivity index (χ0v) is 10.0. The Morgan fingerprint density at radius 1 is 1.18 bits per heavy atom. The molecule has 1 atom stereocenters. The van der Waals surface area contributed by atoms with Gasteiger partial charge in [-0.25, -0.2) is 4.79 Å².